The Morgan fingerprint density at radius 2 is 2.30 bits per heavy atom. The third-order valence-corrected chi connectivity index (χ3v) is 3.86. The number of hydrogen-bond donors (Lipinski definition) is 0. The van der Waals surface area contributed by atoms with E-state index in [9.17, 15) is 0 Å². The first kappa shape index (κ1) is 7.79. The van der Waals surface area contributed by atoms with E-state index in [0.717, 1.165) is 22.6 Å². The monoisotopic (exact) mass is 265 g/mol. The van der Waals surface area contributed by atoms with Crippen LogP contribution in [0, 0.1) is 0 Å². The lowest BCUT2D eigenvalue weighted by atomic mass is 10.2. The maximum atomic E-state index is 7.97. The van der Waals surface area contributed by atoms with Crippen molar-refractivity contribution in [2.45, 2.75) is 6.54 Å². The van der Waals surface area contributed by atoms with E-state index in [-0.39, 0.29) is 0 Å². The minimum atomic E-state index is -2.31. The number of aromatic nitrogens is 5. The van der Waals surface area contributed by atoms with Gasteiger partial charge in [0.15, 0.2) is 5.65 Å². The Morgan fingerprint density at radius 3 is 3.25 bits per heavy atom. The minimum Gasteiger partial charge on any atom is -0.257 e. The number of nitrogens with zero attached hydrogens (tertiary/aromatic N) is 5. The fourth-order valence-corrected chi connectivity index (χ4v) is 3.03. The third kappa shape index (κ3) is 1.02. The summed E-state index contributed by atoms with van der Waals surface area (Å²) in [5.41, 5.74) is 3.72. The highest BCUT2D eigenvalue weighted by Crippen LogP contribution is 2.29. The summed E-state index contributed by atoms with van der Waals surface area (Å²) in [5.74, 6) is 0.642. The first-order valence-corrected chi connectivity index (χ1v) is 6.42. The fourth-order valence-electron chi connectivity index (χ4n) is 3.03. The van der Waals surface area contributed by atoms with Gasteiger partial charge >= 0.3 is 0 Å². The lowest BCUT2D eigenvalue weighted by Crippen LogP contribution is -2.32. The Kier molecular flexibility index (Phi) is 1.27. The highest BCUT2D eigenvalue weighted by molar-refractivity contribution is 5.76. The van der Waals surface area contributed by atoms with Crippen LogP contribution in [0.25, 0.3) is 28.3 Å². The predicted octanol–water partition coefficient (Wildman–Crippen LogP) is 1.54. The van der Waals surface area contributed by atoms with E-state index >= 15 is 0 Å². The number of fused-ring (bicyclic) bond motifs is 7. The van der Waals surface area contributed by atoms with Crippen molar-refractivity contribution >= 4 is 16.9 Å². The SMILES string of the molecule is [2H]C([2H])([2H])n1c2[n+](c3c1nc1ccccn13)Cc1ncccc1-2. The summed E-state index contributed by atoms with van der Waals surface area (Å²) in [6.45, 7) is -1.76. The maximum Gasteiger partial charge on any atom is 0.295 e. The molecule has 0 amide bonds. The van der Waals surface area contributed by atoms with E-state index in [4.69, 9.17) is 4.11 Å². The second-order valence-electron chi connectivity index (χ2n) is 4.93. The molecule has 0 saturated carbocycles. The van der Waals surface area contributed by atoms with Crippen molar-refractivity contribution in [1.29, 1.82) is 0 Å². The lowest BCUT2D eigenvalue weighted by Gasteiger charge is -1.95. The van der Waals surface area contributed by atoms with Gasteiger partial charge < -0.3 is 0 Å². The van der Waals surface area contributed by atoms with E-state index in [0.29, 0.717) is 18.0 Å². The number of hydrogen-bond acceptors (Lipinski definition) is 2. The summed E-state index contributed by atoms with van der Waals surface area (Å²) in [6.07, 6.45) is 3.63. The van der Waals surface area contributed by atoms with E-state index in [1.807, 2.05) is 45.5 Å². The molecule has 0 N–H and O–H groups in total. The van der Waals surface area contributed by atoms with Gasteiger partial charge in [-0.3, -0.25) is 4.98 Å². The van der Waals surface area contributed by atoms with Crippen LogP contribution in [0.3, 0.4) is 0 Å². The van der Waals surface area contributed by atoms with E-state index in [2.05, 4.69) is 9.97 Å². The molecule has 5 heteroatoms. The van der Waals surface area contributed by atoms with Crippen molar-refractivity contribution in [3.8, 4) is 11.4 Å². The van der Waals surface area contributed by atoms with Gasteiger partial charge in [-0.05, 0) is 24.3 Å². The number of imidazole rings is 2. The second-order valence-corrected chi connectivity index (χ2v) is 4.93. The summed E-state index contributed by atoms with van der Waals surface area (Å²) in [4.78, 5) is 8.94. The van der Waals surface area contributed by atoms with Gasteiger partial charge in [0.05, 0.1) is 28.5 Å². The Bertz CT molecular complexity index is 1090. The van der Waals surface area contributed by atoms with Gasteiger partial charge in [0.1, 0.15) is 6.54 Å². The number of aryl methyl sites for hydroxylation is 1. The van der Waals surface area contributed by atoms with Gasteiger partial charge in [-0.25, -0.2) is 13.5 Å². The normalized spacial score (nSPS) is 15.9. The van der Waals surface area contributed by atoms with Crippen LogP contribution in [-0.2, 0) is 13.5 Å². The van der Waals surface area contributed by atoms with Gasteiger partial charge in [0.25, 0.3) is 11.3 Å². The van der Waals surface area contributed by atoms with Crippen LogP contribution in [-0.4, -0.2) is 18.9 Å². The fraction of sp³-hybridized carbons (Fsp3) is 0.133. The molecule has 5 rings (SSSR count). The molecule has 5 nitrogen and oxygen atoms in total. The average Bonchev–Trinajstić information content (AvgIpc) is 3.12. The summed E-state index contributed by atoms with van der Waals surface area (Å²) in [7, 11) is 0. The molecule has 0 aliphatic carbocycles. The Hall–Kier alpha value is -2.69. The topological polar surface area (TPSA) is 39.0 Å². The maximum absolute atomic E-state index is 7.97. The van der Waals surface area contributed by atoms with Crippen molar-refractivity contribution in [1.82, 2.24) is 18.9 Å². The van der Waals surface area contributed by atoms with Gasteiger partial charge in [0, 0.05) is 6.20 Å². The Labute approximate surface area is 119 Å². The third-order valence-electron chi connectivity index (χ3n) is 3.86. The summed E-state index contributed by atoms with van der Waals surface area (Å²) >= 11 is 0. The minimum absolute atomic E-state index is 0.473. The molecule has 0 bridgehead atoms. The molecule has 0 atom stereocenters. The molecule has 1 aliphatic heterocycles. The molecule has 0 fully saturated rings. The highest BCUT2D eigenvalue weighted by Gasteiger charge is 2.34. The Balaban J connectivity index is 2.01. The summed E-state index contributed by atoms with van der Waals surface area (Å²) in [6, 6.07) is 9.41. The standard InChI is InChI=1S/C15H12N5/c1-18-13-15(19-8-3-2-6-12(19)17-13)20-9-11-10(14(18)20)5-4-7-16-11/h2-8H,9H2,1H3/q+1/i1D3. The average molecular weight is 265 g/mol. The first-order chi connectivity index (χ1) is 11.1. The van der Waals surface area contributed by atoms with Crippen molar-refractivity contribution in [3.63, 3.8) is 0 Å². The Morgan fingerprint density at radius 1 is 1.30 bits per heavy atom. The van der Waals surface area contributed by atoms with Crippen molar-refractivity contribution in [3.05, 3.63) is 48.4 Å². The molecular weight excluding hydrogens is 250 g/mol. The zero-order valence-electron chi connectivity index (χ0n) is 13.5. The summed E-state index contributed by atoms with van der Waals surface area (Å²) in [5, 5.41) is 0. The van der Waals surface area contributed by atoms with Crippen LogP contribution in [0.2, 0.25) is 0 Å². The summed E-state index contributed by atoms with van der Waals surface area (Å²) < 4.78 is 29.2. The van der Waals surface area contributed by atoms with Crippen molar-refractivity contribution < 1.29 is 8.68 Å². The molecule has 0 aromatic carbocycles. The largest absolute Gasteiger partial charge is 0.295 e. The molecule has 1 aliphatic rings. The van der Waals surface area contributed by atoms with Gasteiger partial charge in [-0.15, -0.1) is 0 Å². The van der Waals surface area contributed by atoms with Crippen LogP contribution in [0.4, 0.5) is 0 Å². The molecule has 20 heavy (non-hydrogen) atoms. The molecule has 96 valence electrons. The molecule has 0 radical (unpaired) electrons. The van der Waals surface area contributed by atoms with E-state index in [1.54, 1.807) is 6.20 Å². The highest BCUT2D eigenvalue weighted by atomic mass is 15.3. The molecule has 0 spiro atoms. The molecule has 4 aromatic rings. The number of pyridine rings is 2. The lowest BCUT2D eigenvalue weighted by molar-refractivity contribution is -0.648. The van der Waals surface area contributed by atoms with E-state index < -0.39 is 6.98 Å². The van der Waals surface area contributed by atoms with Crippen LogP contribution in [0.5, 0.6) is 0 Å². The number of rotatable bonds is 0. The molecular formula is C15H12N5+. The molecule has 4 aromatic heterocycles. The zero-order valence-corrected chi connectivity index (χ0v) is 10.5. The van der Waals surface area contributed by atoms with Crippen molar-refractivity contribution in [2.75, 3.05) is 0 Å². The second kappa shape index (κ2) is 3.25. The molecule has 0 saturated heterocycles. The first-order valence-electron chi connectivity index (χ1n) is 7.92. The van der Waals surface area contributed by atoms with Gasteiger partial charge in [0.2, 0.25) is 5.82 Å². The molecule has 0 unspecified atom stereocenters. The zero-order chi connectivity index (χ0) is 15.8. The van der Waals surface area contributed by atoms with Crippen molar-refractivity contribution in [2.24, 2.45) is 6.98 Å². The van der Waals surface area contributed by atoms with Crippen LogP contribution in [0.15, 0.2) is 42.7 Å². The predicted molar refractivity (Wildman–Crippen MR) is 74.2 cm³/mol. The van der Waals surface area contributed by atoms with Gasteiger partial charge in [-0.2, -0.15) is 4.98 Å². The molecule has 5 heterocycles. The quantitative estimate of drug-likeness (QED) is 0.398. The van der Waals surface area contributed by atoms with E-state index in [1.165, 1.54) is 4.57 Å². The van der Waals surface area contributed by atoms with Gasteiger partial charge in [-0.1, -0.05) is 6.07 Å². The smallest absolute Gasteiger partial charge is 0.257 e. The van der Waals surface area contributed by atoms with Crippen LogP contribution in [0.1, 0.15) is 9.81 Å². The van der Waals surface area contributed by atoms with Crippen LogP contribution < -0.4 is 4.57 Å². The van der Waals surface area contributed by atoms with Crippen LogP contribution >= 0.6 is 0 Å².